The molecular weight excluding hydrogens is 283 g/mol. The Labute approximate surface area is 129 Å². The Hall–Kier alpha value is -1.29. The van der Waals surface area contributed by atoms with E-state index in [4.69, 9.17) is 0 Å². The lowest BCUT2D eigenvalue weighted by atomic mass is 9.55. The van der Waals surface area contributed by atoms with Crippen molar-refractivity contribution < 1.29 is 19.7 Å². The summed E-state index contributed by atoms with van der Waals surface area (Å²) in [6, 6.07) is 1.57. The zero-order valence-corrected chi connectivity index (χ0v) is 12.8. The van der Waals surface area contributed by atoms with Crippen LogP contribution in [0.15, 0.2) is 6.07 Å². The minimum atomic E-state index is -0.645. The third kappa shape index (κ3) is 1.70. The van der Waals surface area contributed by atoms with Crippen LogP contribution in [-0.2, 0) is 6.42 Å². The molecule has 3 N–H and O–H groups in total. The fourth-order valence-corrected chi connectivity index (χ4v) is 5.63. The molecule has 4 rings (SSSR count). The molecule has 0 radical (unpaired) electrons. The van der Waals surface area contributed by atoms with Crippen LogP contribution in [0.4, 0.5) is 4.39 Å². The molecule has 0 spiro atoms. The van der Waals surface area contributed by atoms with Crippen LogP contribution in [0.1, 0.15) is 56.1 Å². The predicted octanol–water partition coefficient (Wildman–Crippen LogP) is 3.45. The van der Waals surface area contributed by atoms with Gasteiger partial charge in [-0.3, -0.25) is 0 Å². The summed E-state index contributed by atoms with van der Waals surface area (Å²) in [7, 11) is 0. The molecule has 5 atom stereocenters. The van der Waals surface area contributed by atoms with Gasteiger partial charge in [0.25, 0.3) is 0 Å². The number of aliphatic hydroxyl groups excluding tert-OH is 1. The topological polar surface area (TPSA) is 60.7 Å². The van der Waals surface area contributed by atoms with Crippen LogP contribution in [0.3, 0.4) is 0 Å². The average molecular weight is 306 g/mol. The quantitative estimate of drug-likeness (QED) is 0.643. The number of hydrogen-bond acceptors (Lipinski definition) is 3. The maximum absolute atomic E-state index is 14.3. The molecule has 2 saturated carbocycles. The van der Waals surface area contributed by atoms with E-state index in [-0.39, 0.29) is 23.2 Å². The van der Waals surface area contributed by atoms with Crippen molar-refractivity contribution >= 4 is 0 Å². The van der Waals surface area contributed by atoms with Crippen molar-refractivity contribution in [3.8, 4) is 11.5 Å². The van der Waals surface area contributed by atoms with Gasteiger partial charge in [0, 0.05) is 0 Å². The molecule has 0 aromatic heterocycles. The number of aliphatic hydroxyl groups is 1. The first-order chi connectivity index (χ1) is 10.4. The van der Waals surface area contributed by atoms with E-state index in [9.17, 15) is 19.7 Å². The van der Waals surface area contributed by atoms with Gasteiger partial charge in [-0.2, -0.15) is 0 Å². The Morgan fingerprint density at radius 1 is 1.18 bits per heavy atom. The van der Waals surface area contributed by atoms with E-state index in [2.05, 4.69) is 6.92 Å². The Balaban J connectivity index is 1.76. The van der Waals surface area contributed by atoms with Gasteiger partial charge in [0.05, 0.1) is 6.10 Å². The van der Waals surface area contributed by atoms with Crippen LogP contribution in [0.25, 0.3) is 0 Å². The second-order valence-corrected chi connectivity index (χ2v) is 7.68. The molecule has 22 heavy (non-hydrogen) atoms. The highest BCUT2D eigenvalue weighted by atomic mass is 19.1. The highest BCUT2D eigenvalue weighted by molar-refractivity contribution is 5.50. The zero-order chi connectivity index (χ0) is 15.6. The molecule has 0 saturated heterocycles. The summed E-state index contributed by atoms with van der Waals surface area (Å²) in [6.45, 7) is 2.20. The molecule has 0 unspecified atom stereocenters. The van der Waals surface area contributed by atoms with Crippen molar-refractivity contribution in [2.24, 2.45) is 17.3 Å². The number of halogens is 1. The van der Waals surface area contributed by atoms with Crippen molar-refractivity contribution in [3.63, 3.8) is 0 Å². The summed E-state index contributed by atoms with van der Waals surface area (Å²) in [5.74, 6) is -0.438. The molecule has 0 bridgehead atoms. The van der Waals surface area contributed by atoms with Gasteiger partial charge in [-0.15, -0.1) is 0 Å². The summed E-state index contributed by atoms with van der Waals surface area (Å²) < 4.78 is 14.3. The van der Waals surface area contributed by atoms with Crippen molar-refractivity contribution in [1.29, 1.82) is 0 Å². The first-order valence-corrected chi connectivity index (χ1v) is 8.34. The maximum atomic E-state index is 14.3. The van der Waals surface area contributed by atoms with E-state index in [1.165, 1.54) is 0 Å². The second kappa shape index (κ2) is 4.60. The van der Waals surface area contributed by atoms with E-state index in [1.54, 1.807) is 6.07 Å². The van der Waals surface area contributed by atoms with Gasteiger partial charge in [0.15, 0.2) is 17.3 Å². The predicted molar refractivity (Wildman–Crippen MR) is 80.4 cm³/mol. The highest BCUT2D eigenvalue weighted by Crippen LogP contribution is 2.61. The van der Waals surface area contributed by atoms with Crippen molar-refractivity contribution in [2.75, 3.05) is 0 Å². The molecule has 0 aliphatic heterocycles. The molecule has 2 fully saturated rings. The minimum Gasteiger partial charge on any atom is -0.504 e. The van der Waals surface area contributed by atoms with Crippen LogP contribution < -0.4 is 0 Å². The van der Waals surface area contributed by atoms with Crippen LogP contribution >= 0.6 is 0 Å². The molecule has 4 heteroatoms. The Morgan fingerprint density at radius 2 is 1.95 bits per heavy atom. The molecule has 1 aromatic rings. The lowest BCUT2D eigenvalue weighted by Crippen LogP contribution is -2.44. The van der Waals surface area contributed by atoms with E-state index in [1.807, 2.05) is 0 Å². The van der Waals surface area contributed by atoms with Gasteiger partial charge in [-0.1, -0.05) is 6.92 Å². The van der Waals surface area contributed by atoms with Crippen LogP contribution in [0, 0.1) is 23.1 Å². The lowest BCUT2D eigenvalue weighted by Gasteiger charge is -2.50. The highest BCUT2D eigenvalue weighted by Gasteiger charge is 2.54. The van der Waals surface area contributed by atoms with Crippen LogP contribution in [0.5, 0.6) is 11.5 Å². The molecule has 3 aliphatic carbocycles. The molecule has 0 heterocycles. The average Bonchev–Trinajstić information content (AvgIpc) is 2.80. The monoisotopic (exact) mass is 306 g/mol. The standard InChI is InChI=1S/C18H23FO3/c1-18-7-6-9-10(13(18)4-5-15(18)21)2-3-11-12(9)8-14(20)17(22)16(11)19/h8-10,13,15,20-22H,2-7H2,1H3/t9-,10+,13-,15-,18-/m0/s1. The number of phenolic OH excluding ortho intramolecular Hbond substituents is 2. The summed E-state index contributed by atoms with van der Waals surface area (Å²) in [4.78, 5) is 0. The fraction of sp³-hybridized carbons (Fsp3) is 0.667. The van der Waals surface area contributed by atoms with Crippen LogP contribution in [-0.4, -0.2) is 21.4 Å². The van der Waals surface area contributed by atoms with E-state index >= 15 is 0 Å². The van der Waals surface area contributed by atoms with E-state index in [0.29, 0.717) is 23.8 Å². The zero-order valence-electron chi connectivity index (χ0n) is 12.8. The molecule has 0 amide bonds. The third-order valence-corrected chi connectivity index (χ3v) is 6.87. The first kappa shape index (κ1) is 14.3. The summed E-state index contributed by atoms with van der Waals surface area (Å²) >= 11 is 0. The molecule has 1 aromatic carbocycles. The maximum Gasteiger partial charge on any atom is 0.194 e. The first-order valence-electron chi connectivity index (χ1n) is 8.34. The molecule has 120 valence electrons. The Morgan fingerprint density at radius 3 is 2.73 bits per heavy atom. The van der Waals surface area contributed by atoms with Gasteiger partial charge < -0.3 is 15.3 Å². The third-order valence-electron chi connectivity index (χ3n) is 6.87. The number of rotatable bonds is 0. The number of hydrogen-bond donors (Lipinski definition) is 3. The summed E-state index contributed by atoms with van der Waals surface area (Å²) in [5, 5.41) is 29.8. The lowest BCUT2D eigenvalue weighted by molar-refractivity contribution is -0.0228. The van der Waals surface area contributed by atoms with Crippen LogP contribution in [0.2, 0.25) is 0 Å². The molecule has 3 aliphatic rings. The van der Waals surface area contributed by atoms with Crippen molar-refractivity contribution in [1.82, 2.24) is 0 Å². The SMILES string of the molecule is C[C@]12CC[C@@H]3c4cc(O)c(O)c(F)c4CC[C@H]3[C@@H]1CC[C@@H]2O. The number of benzene rings is 1. The summed E-state index contributed by atoms with van der Waals surface area (Å²) in [6.07, 6.45) is 5.08. The molecular formula is C18H23FO3. The summed E-state index contributed by atoms with van der Waals surface area (Å²) in [5.41, 5.74) is 1.46. The van der Waals surface area contributed by atoms with Crippen molar-refractivity contribution in [3.05, 3.63) is 23.0 Å². The Bertz CT molecular complexity index is 629. The van der Waals surface area contributed by atoms with Gasteiger partial charge in [-0.25, -0.2) is 4.39 Å². The fourth-order valence-electron chi connectivity index (χ4n) is 5.63. The normalized spacial score (nSPS) is 40.0. The van der Waals surface area contributed by atoms with E-state index < -0.39 is 11.6 Å². The van der Waals surface area contributed by atoms with Gasteiger partial charge in [0.2, 0.25) is 0 Å². The van der Waals surface area contributed by atoms with Gasteiger partial charge >= 0.3 is 0 Å². The Kier molecular flexibility index (Phi) is 3.00. The van der Waals surface area contributed by atoms with E-state index in [0.717, 1.165) is 37.7 Å². The molecule has 3 nitrogen and oxygen atoms in total. The smallest absolute Gasteiger partial charge is 0.194 e. The minimum absolute atomic E-state index is 0.00379. The number of aromatic hydroxyl groups is 2. The van der Waals surface area contributed by atoms with Crippen molar-refractivity contribution in [2.45, 2.75) is 57.5 Å². The van der Waals surface area contributed by atoms with Gasteiger partial charge in [-0.05, 0) is 78.9 Å². The number of phenols is 2. The largest absolute Gasteiger partial charge is 0.504 e. The van der Waals surface area contributed by atoms with Gasteiger partial charge in [0.1, 0.15) is 0 Å². The second-order valence-electron chi connectivity index (χ2n) is 7.68. The number of fused-ring (bicyclic) bond motifs is 5.